The first-order valence-corrected chi connectivity index (χ1v) is 4.05. The van der Waals surface area contributed by atoms with E-state index >= 15 is 0 Å². The average Bonchev–Trinajstić information content (AvgIpc) is 2.15. The third-order valence-corrected chi connectivity index (χ3v) is 1.71. The van der Waals surface area contributed by atoms with Gasteiger partial charge < -0.3 is 10.5 Å². The zero-order chi connectivity index (χ0) is 11.4. The average molecular weight is 213 g/mol. The molecule has 15 heavy (non-hydrogen) atoms. The second-order valence-corrected chi connectivity index (χ2v) is 2.75. The number of anilines is 1. The highest BCUT2D eigenvalue weighted by molar-refractivity contribution is 5.88. The Morgan fingerprint density at radius 1 is 1.47 bits per heavy atom. The maximum atomic E-state index is 13.1. The van der Waals surface area contributed by atoms with Crippen molar-refractivity contribution < 1.29 is 18.3 Å². The van der Waals surface area contributed by atoms with E-state index in [1.807, 2.05) is 0 Å². The van der Waals surface area contributed by atoms with Gasteiger partial charge in [0.05, 0.1) is 7.11 Å². The molecule has 0 saturated carbocycles. The number of nitrogen functional groups attached to an aromatic ring is 1. The zero-order valence-electron chi connectivity index (χ0n) is 7.96. The lowest BCUT2D eigenvalue weighted by atomic mass is 10.1. The van der Waals surface area contributed by atoms with Gasteiger partial charge in [0.2, 0.25) is 0 Å². The Kier molecular flexibility index (Phi) is 3.38. The van der Waals surface area contributed by atoms with Gasteiger partial charge in [0.15, 0.2) is 0 Å². The Labute approximate surface area is 85.1 Å². The zero-order valence-corrected chi connectivity index (χ0v) is 7.96. The van der Waals surface area contributed by atoms with Gasteiger partial charge in [-0.3, -0.25) is 0 Å². The van der Waals surface area contributed by atoms with Crippen LogP contribution in [0, 0.1) is 11.6 Å². The molecule has 2 N–H and O–H groups in total. The van der Waals surface area contributed by atoms with Crippen LogP contribution < -0.4 is 5.73 Å². The lowest BCUT2D eigenvalue weighted by Crippen LogP contribution is -1.97. The Hall–Kier alpha value is -1.91. The number of esters is 1. The predicted molar refractivity (Wildman–Crippen MR) is 51.8 cm³/mol. The van der Waals surface area contributed by atoms with Gasteiger partial charge in [0.25, 0.3) is 0 Å². The summed E-state index contributed by atoms with van der Waals surface area (Å²) in [6.45, 7) is 0. The van der Waals surface area contributed by atoms with Crippen molar-refractivity contribution in [1.29, 1.82) is 0 Å². The summed E-state index contributed by atoms with van der Waals surface area (Å²) in [6.07, 6.45) is 2.14. The number of benzene rings is 1. The molecule has 0 unspecified atom stereocenters. The normalized spacial score (nSPS) is 10.6. The lowest BCUT2D eigenvalue weighted by molar-refractivity contribution is -0.134. The summed E-state index contributed by atoms with van der Waals surface area (Å²) in [4.78, 5) is 10.7. The molecule has 1 rings (SSSR count). The highest BCUT2D eigenvalue weighted by Gasteiger charge is 2.06. The molecule has 0 aliphatic heterocycles. The molecule has 0 radical (unpaired) electrons. The van der Waals surface area contributed by atoms with Crippen molar-refractivity contribution in [2.24, 2.45) is 0 Å². The number of methoxy groups -OCH3 is 1. The van der Waals surface area contributed by atoms with Crippen LogP contribution in [-0.4, -0.2) is 13.1 Å². The smallest absolute Gasteiger partial charge is 0.330 e. The van der Waals surface area contributed by atoms with Crippen molar-refractivity contribution in [3.05, 3.63) is 35.4 Å². The van der Waals surface area contributed by atoms with Gasteiger partial charge in [0, 0.05) is 23.4 Å². The van der Waals surface area contributed by atoms with Gasteiger partial charge in [0.1, 0.15) is 11.6 Å². The predicted octanol–water partition coefficient (Wildman–Crippen LogP) is 1.73. The van der Waals surface area contributed by atoms with Crippen LogP contribution in [0.3, 0.4) is 0 Å². The lowest BCUT2D eigenvalue weighted by Gasteiger charge is -2.01. The van der Waals surface area contributed by atoms with Crippen LogP contribution in [0.2, 0.25) is 0 Å². The monoisotopic (exact) mass is 213 g/mol. The van der Waals surface area contributed by atoms with E-state index in [0.717, 1.165) is 18.2 Å². The Morgan fingerprint density at radius 2 is 2.13 bits per heavy atom. The summed E-state index contributed by atoms with van der Waals surface area (Å²) in [5, 5.41) is 0. The van der Waals surface area contributed by atoms with Gasteiger partial charge in [-0.15, -0.1) is 0 Å². The molecule has 3 nitrogen and oxygen atoms in total. The molecule has 0 aliphatic carbocycles. The molecular formula is C10H9F2NO2. The molecule has 0 heterocycles. The van der Waals surface area contributed by atoms with Crippen LogP contribution in [-0.2, 0) is 9.53 Å². The molecule has 0 amide bonds. The van der Waals surface area contributed by atoms with Crippen molar-refractivity contribution >= 4 is 17.7 Å². The van der Waals surface area contributed by atoms with Crippen LogP contribution in [0.5, 0.6) is 0 Å². The molecule has 0 spiro atoms. The van der Waals surface area contributed by atoms with E-state index < -0.39 is 17.6 Å². The van der Waals surface area contributed by atoms with E-state index in [-0.39, 0.29) is 11.3 Å². The third kappa shape index (κ3) is 2.77. The molecule has 0 atom stereocenters. The molecule has 0 fully saturated rings. The second-order valence-electron chi connectivity index (χ2n) is 2.75. The van der Waals surface area contributed by atoms with Crippen molar-refractivity contribution in [3.63, 3.8) is 0 Å². The number of carbonyl (C=O) groups is 1. The van der Waals surface area contributed by atoms with Gasteiger partial charge in [-0.2, -0.15) is 0 Å². The number of carbonyl (C=O) groups excluding carboxylic acids is 1. The maximum Gasteiger partial charge on any atom is 0.330 e. The Bertz CT molecular complexity index is 393. The first-order chi connectivity index (χ1) is 7.04. The number of nitrogens with two attached hydrogens (primary N) is 1. The van der Waals surface area contributed by atoms with Gasteiger partial charge in [-0.05, 0) is 12.1 Å². The van der Waals surface area contributed by atoms with Crippen LogP contribution in [0.25, 0.3) is 6.08 Å². The molecule has 5 heteroatoms. The topological polar surface area (TPSA) is 52.3 Å². The minimum atomic E-state index is -0.826. The van der Waals surface area contributed by atoms with E-state index in [1.54, 1.807) is 0 Å². The van der Waals surface area contributed by atoms with E-state index in [4.69, 9.17) is 5.73 Å². The Morgan fingerprint density at radius 3 is 2.67 bits per heavy atom. The fourth-order valence-corrected chi connectivity index (χ4v) is 1.000. The van der Waals surface area contributed by atoms with Gasteiger partial charge >= 0.3 is 5.97 Å². The van der Waals surface area contributed by atoms with E-state index in [9.17, 15) is 13.6 Å². The number of hydrogen-bond donors (Lipinski definition) is 1. The number of ether oxygens (including phenoxy) is 1. The van der Waals surface area contributed by atoms with Crippen LogP contribution in [0.4, 0.5) is 14.5 Å². The molecule has 1 aromatic rings. The van der Waals surface area contributed by atoms with Crippen LogP contribution >= 0.6 is 0 Å². The van der Waals surface area contributed by atoms with Gasteiger partial charge in [-0.1, -0.05) is 0 Å². The molecule has 80 valence electrons. The largest absolute Gasteiger partial charge is 0.466 e. The third-order valence-electron chi connectivity index (χ3n) is 1.71. The number of hydrogen-bond acceptors (Lipinski definition) is 3. The maximum absolute atomic E-state index is 13.1. The Balaban J connectivity index is 3.05. The second kappa shape index (κ2) is 4.54. The minimum absolute atomic E-state index is 0.0400. The first-order valence-electron chi connectivity index (χ1n) is 4.05. The SMILES string of the molecule is COC(=O)C=Cc1c(N)cc(F)cc1F. The highest BCUT2D eigenvalue weighted by Crippen LogP contribution is 2.19. The van der Waals surface area contributed by atoms with Crippen molar-refractivity contribution in [2.45, 2.75) is 0 Å². The summed E-state index contributed by atoms with van der Waals surface area (Å²) in [6, 6.07) is 1.66. The molecular weight excluding hydrogens is 204 g/mol. The molecule has 0 saturated heterocycles. The van der Waals surface area contributed by atoms with E-state index in [0.29, 0.717) is 6.07 Å². The van der Waals surface area contributed by atoms with Crippen LogP contribution in [0.1, 0.15) is 5.56 Å². The quantitative estimate of drug-likeness (QED) is 0.462. The van der Waals surface area contributed by atoms with E-state index in [2.05, 4.69) is 4.74 Å². The number of rotatable bonds is 2. The molecule has 0 aromatic heterocycles. The summed E-state index contributed by atoms with van der Waals surface area (Å²) in [5.74, 6) is -2.23. The standard InChI is InChI=1S/C10H9F2NO2/c1-15-10(14)3-2-7-8(12)4-6(11)5-9(7)13/h2-5H,13H2,1H3. The molecule has 1 aromatic carbocycles. The minimum Gasteiger partial charge on any atom is -0.466 e. The summed E-state index contributed by atoms with van der Waals surface area (Å²) < 4.78 is 30.1. The first kappa shape index (κ1) is 11.2. The van der Waals surface area contributed by atoms with Gasteiger partial charge in [-0.25, -0.2) is 13.6 Å². The number of halogens is 2. The van der Waals surface area contributed by atoms with Crippen molar-refractivity contribution in [3.8, 4) is 0 Å². The summed E-state index contributed by atoms with van der Waals surface area (Å²) in [7, 11) is 1.19. The molecule has 0 bridgehead atoms. The highest BCUT2D eigenvalue weighted by atomic mass is 19.1. The van der Waals surface area contributed by atoms with Crippen molar-refractivity contribution in [1.82, 2.24) is 0 Å². The van der Waals surface area contributed by atoms with Crippen LogP contribution in [0.15, 0.2) is 18.2 Å². The summed E-state index contributed by atoms with van der Waals surface area (Å²) >= 11 is 0. The van der Waals surface area contributed by atoms with Crippen molar-refractivity contribution in [2.75, 3.05) is 12.8 Å². The molecule has 0 aliphatic rings. The fraction of sp³-hybridized carbons (Fsp3) is 0.100. The van der Waals surface area contributed by atoms with E-state index in [1.165, 1.54) is 7.11 Å². The fourth-order valence-electron chi connectivity index (χ4n) is 1.000. The summed E-state index contributed by atoms with van der Waals surface area (Å²) in [5.41, 5.74) is 5.25.